The van der Waals surface area contributed by atoms with Crippen molar-refractivity contribution in [2.45, 2.75) is 29.9 Å². The fourth-order valence-corrected chi connectivity index (χ4v) is 3.64. The summed E-state index contributed by atoms with van der Waals surface area (Å²) in [5.74, 6) is 7.61. The molecule has 5 nitrogen and oxygen atoms in total. The van der Waals surface area contributed by atoms with Crippen LogP contribution >= 0.6 is 11.8 Å². The molecule has 0 aliphatic carbocycles. The number of ether oxygens (including phenoxy) is 1. The first-order valence-electron chi connectivity index (χ1n) is 7.09. The number of nitrogens with two attached hydrogens (primary N) is 1. The summed E-state index contributed by atoms with van der Waals surface area (Å²) in [6.45, 7) is 0. The number of aryl methyl sites for hydroxylation is 2. The smallest absolute Gasteiger partial charge is 0.133 e. The van der Waals surface area contributed by atoms with Crippen LogP contribution < -0.4 is 16.0 Å². The maximum Gasteiger partial charge on any atom is 0.133 e. The average molecular weight is 304 g/mol. The first kappa shape index (κ1) is 14.4. The van der Waals surface area contributed by atoms with Crippen LogP contribution in [-0.4, -0.2) is 27.7 Å². The van der Waals surface area contributed by atoms with Gasteiger partial charge in [-0.2, -0.15) is 5.10 Å². The van der Waals surface area contributed by atoms with Gasteiger partial charge in [0.1, 0.15) is 11.9 Å². The highest BCUT2D eigenvalue weighted by molar-refractivity contribution is 7.99. The Labute approximate surface area is 128 Å². The predicted molar refractivity (Wildman–Crippen MR) is 84.2 cm³/mol. The molecule has 0 radical (unpaired) electrons. The lowest BCUT2D eigenvalue weighted by Crippen LogP contribution is -2.49. The Morgan fingerprint density at radius 2 is 2.33 bits per heavy atom. The minimum absolute atomic E-state index is 0.0862. The molecule has 21 heavy (non-hydrogen) atoms. The molecular formula is C15H20N4OS. The highest BCUT2D eigenvalue weighted by atomic mass is 32.2. The molecule has 2 heterocycles. The quantitative estimate of drug-likeness (QED) is 0.651. The summed E-state index contributed by atoms with van der Waals surface area (Å²) in [6.07, 6.45) is 3.76. The summed E-state index contributed by atoms with van der Waals surface area (Å²) in [5, 5.41) is 4.19. The molecule has 2 unspecified atom stereocenters. The van der Waals surface area contributed by atoms with E-state index in [2.05, 4.69) is 16.6 Å². The number of nitrogens with zero attached hydrogens (tertiary/aromatic N) is 2. The SMILES string of the molecule is Cn1nccc1CCC(NN)C1CSc2ccccc2O1. The lowest BCUT2D eigenvalue weighted by molar-refractivity contribution is 0.160. The summed E-state index contributed by atoms with van der Waals surface area (Å²) in [5.41, 5.74) is 4.12. The van der Waals surface area contributed by atoms with Crippen molar-refractivity contribution >= 4 is 11.8 Å². The molecule has 1 aromatic carbocycles. The standard InChI is InChI=1S/C15H20N4OS/c1-19-11(8-9-17-19)6-7-12(18-16)14-10-21-15-5-3-2-4-13(15)20-14/h2-5,8-9,12,14,18H,6-7,10,16H2,1H3. The van der Waals surface area contributed by atoms with Crippen molar-refractivity contribution < 1.29 is 4.74 Å². The van der Waals surface area contributed by atoms with Crippen molar-refractivity contribution in [3.63, 3.8) is 0 Å². The number of hydrogen-bond donors (Lipinski definition) is 2. The van der Waals surface area contributed by atoms with Crippen molar-refractivity contribution in [1.82, 2.24) is 15.2 Å². The molecule has 3 N–H and O–H groups in total. The molecule has 0 bridgehead atoms. The van der Waals surface area contributed by atoms with E-state index in [-0.39, 0.29) is 12.1 Å². The molecule has 0 spiro atoms. The molecule has 1 aliphatic heterocycles. The van der Waals surface area contributed by atoms with E-state index in [0.29, 0.717) is 0 Å². The van der Waals surface area contributed by atoms with E-state index < -0.39 is 0 Å². The molecule has 2 atom stereocenters. The number of thioether (sulfide) groups is 1. The molecule has 2 aromatic rings. The molecule has 0 saturated carbocycles. The monoisotopic (exact) mass is 304 g/mol. The Hall–Kier alpha value is -1.50. The zero-order valence-electron chi connectivity index (χ0n) is 12.0. The zero-order chi connectivity index (χ0) is 14.7. The molecule has 3 rings (SSSR count). The van der Waals surface area contributed by atoms with Crippen LogP contribution in [0.2, 0.25) is 0 Å². The van der Waals surface area contributed by atoms with Crippen molar-refractivity contribution in [2.75, 3.05) is 5.75 Å². The highest BCUT2D eigenvalue weighted by Gasteiger charge is 2.27. The van der Waals surface area contributed by atoms with E-state index in [1.54, 1.807) is 0 Å². The van der Waals surface area contributed by atoms with E-state index in [0.717, 1.165) is 24.3 Å². The van der Waals surface area contributed by atoms with Crippen molar-refractivity contribution in [3.05, 3.63) is 42.2 Å². The van der Waals surface area contributed by atoms with E-state index in [4.69, 9.17) is 10.6 Å². The minimum Gasteiger partial charge on any atom is -0.487 e. The molecule has 0 amide bonds. The molecule has 6 heteroatoms. The Morgan fingerprint density at radius 3 is 3.10 bits per heavy atom. The van der Waals surface area contributed by atoms with Gasteiger partial charge in [-0.25, -0.2) is 0 Å². The van der Waals surface area contributed by atoms with Gasteiger partial charge in [0.25, 0.3) is 0 Å². The molecule has 0 saturated heterocycles. The molecule has 0 fully saturated rings. The Balaban J connectivity index is 1.63. The summed E-state index contributed by atoms with van der Waals surface area (Å²) in [4.78, 5) is 1.20. The van der Waals surface area contributed by atoms with Gasteiger partial charge in [0.2, 0.25) is 0 Å². The van der Waals surface area contributed by atoms with Crippen LogP contribution in [0.3, 0.4) is 0 Å². The lowest BCUT2D eigenvalue weighted by Gasteiger charge is -2.31. The van der Waals surface area contributed by atoms with Crippen LogP contribution in [0.15, 0.2) is 41.4 Å². The number of hydrogen-bond acceptors (Lipinski definition) is 5. The lowest BCUT2D eigenvalue weighted by atomic mass is 10.1. The van der Waals surface area contributed by atoms with Crippen molar-refractivity contribution in [3.8, 4) is 5.75 Å². The minimum atomic E-state index is 0.0862. The van der Waals surface area contributed by atoms with Crippen LogP contribution in [0, 0.1) is 0 Å². The van der Waals surface area contributed by atoms with Gasteiger partial charge in [0.05, 0.1) is 6.04 Å². The second kappa shape index (κ2) is 6.51. The third-order valence-corrected chi connectivity index (χ3v) is 4.97. The average Bonchev–Trinajstić information content (AvgIpc) is 2.93. The van der Waals surface area contributed by atoms with E-state index in [1.165, 1.54) is 10.6 Å². The first-order chi connectivity index (χ1) is 10.3. The molecule has 112 valence electrons. The normalized spacial score (nSPS) is 18.9. The van der Waals surface area contributed by atoms with E-state index in [1.807, 2.05) is 54.0 Å². The van der Waals surface area contributed by atoms with Gasteiger partial charge >= 0.3 is 0 Å². The summed E-state index contributed by atoms with van der Waals surface area (Å²) in [7, 11) is 1.96. The van der Waals surface area contributed by atoms with Crippen LogP contribution in [0.4, 0.5) is 0 Å². The number of rotatable bonds is 5. The maximum absolute atomic E-state index is 6.10. The van der Waals surface area contributed by atoms with Crippen molar-refractivity contribution in [2.24, 2.45) is 12.9 Å². The van der Waals surface area contributed by atoms with Gasteiger partial charge < -0.3 is 4.74 Å². The largest absolute Gasteiger partial charge is 0.487 e. The van der Waals surface area contributed by atoms with Crippen molar-refractivity contribution in [1.29, 1.82) is 0 Å². The Morgan fingerprint density at radius 1 is 1.48 bits per heavy atom. The van der Waals surface area contributed by atoms with Crippen LogP contribution in [0.1, 0.15) is 12.1 Å². The van der Waals surface area contributed by atoms with Gasteiger partial charge in [-0.3, -0.25) is 16.0 Å². The fraction of sp³-hybridized carbons (Fsp3) is 0.400. The van der Waals surface area contributed by atoms with Gasteiger partial charge in [-0.15, -0.1) is 11.8 Å². The summed E-state index contributed by atoms with van der Waals surface area (Å²) < 4.78 is 8.00. The molecule has 1 aliphatic rings. The van der Waals surface area contributed by atoms with Crippen LogP contribution in [-0.2, 0) is 13.5 Å². The second-order valence-electron chi connectivity index (χ2n) is 5.17. The van der Waals surface area contributed by atoms with E-state index in [9.17, 15) is 0 Å². The van der Waals surface area contributed by atoms with Gasteiger partial charge in [-0.1, -0.05) is 12.1 Å². The second-order valence-corrected chi connectivity index (χ2v) is 6.23. The molecule has 1 aromatic heterocycles. The third-order valence-electron chi connectivity index (χ3n) is 3.83. The molecular weight excluding hydrogens is 284 g/mol. The summed E-state index contributed by atoms with van der Waals surface area (Å²) >= 11 is 1.83. The van der Waals surface area contributed by atoms with Gasteiger partial charge in [0, 0.05) is 29.6 Å². The summed E-state index contributed by atoms with van der Waals surface area (Å²) in [6, 6.07) is 10.3. The number of para-hydroxylation sites is 1. The maximum atomic E-state index is 6.10. The Bertz CT molecular complexity index is 601. The van der Waals surface area contributed by atoms with Crippen LogP contribution in [0.25, 0.3) is 0 Å². The third kappa shape index (κ3) is 3.23. The van der Waals surface area contributed by atoms with Crippen LogP contribution in [0.5, 0.6) is 5.75 Å². The fourth-order valence-electron chi connectivity index (χ4n) is 2.56. The number of nitrogens with one attached hydrogen (secondary N) is 1. The number of benzene rings is 1. The number of fused-ring (bicyclic) bond motifs is 1. The predicted octanol–water partition coefficient (Wildman–Crippen LogP) is 1.74. The number of hydrazine groups is 1. The zero-order valence-corrected chi connectivity index (χ0v) is 12.8. The van der Waals surface area contributed by atoms with Gasteiger partial charge in [-0.05, 0) is 31.0 Å². The highest BCUT2D eigenvalue weighted by Crippen LogP contribution is 2.36. The number of aromatic nitrogens is 2. The first-order valence-corrected chi connectivity index (χ1v) is 8.08. The van der Waals surface area contributed by atoms with E-state index >= 15 is 0 Å². The Kier molecular flexibility index (Phi) is 4.48. The topological polar surface area (TPSA) is 65.1 Å². The van der Waals surface area contributed by atoms with Gasteiger partial charge in [0.15, 0.2) is 0 Å².